The molecule has 0 radical (unpaired) electrons. The van der Waals surface area contributed by atoms with Crippen molar-refractivity contribution in [2.75, 3.05) is 0 Å². The number of halogens is 3. The van der Waals surface area contributed by atoms with Gasteiger partial charge >= 0.3 is 6.55 Å². The van der Waals surface area contributed by atoms with Crippen molar-refractivity contribution in [2.45, 2.75) is 32.3 Å². The Bertz CT molecular complexity index is 1220. The lowest BCUT2D eigenvalue weighted by molar-refractivity contribution is -0.139. The molecule has 1 aliphatic rings. The van der Waals surface area contributed by atoms with Gasteiger partial charge in [-0.25, -0.2) is 24.3 Å². The minimum atomic E-state index is -3.18. The zero-order valence-electron chi connectivity index (χ0n) is 17.7. The van der Waals surface area contributed by atoms with Crippen LogP contribution >= 0.6 is 0 Å². The summed E-state index contributed by atoms with van der Waals surface area (Å²) in [5.74, 6) is -1.34. The number of guanidine groups is 1. The van der Waals surface area contributed by atoms with E-state index in [4.69, 9.17) is 10.5 Å². The summed E-state index contributed by atoms with van der Waals surface area (Å²) in [6, 6.07) is 11.2. The molecule has 0 bridgehead atoms. The van der Waals surface area contributed by atoms with Crippen LogP contribution in [0.4, 0.5) is 13.2 Å². The van der Waals surface area contributed by atoms with Crippen LogP contribution in [-0.4, -0.2) is 39.6 Å². The summed E-state index contributed by atoms with van der Waals surface area (Å²) in [6.45, 7) is -0.283. The maximum absolute atomic E-state index is 13.7. The number of carbonyl (C=O) groups excluding carboxylic acids is 1. The van der Waals surface area contributed by atoms with E-state index in [0.29, 0.717) is 22.3 Å². The SMILES string of the molecule is Cc1cc(C2(c3cccc(-c4cncnc4)c3)N=C(N)N(C(F)F)C2=O)ccc1OC(C)F. The van der Waals surface area contributed by atoms with Gasteiger partial charge in [-0.3, -0.25) is 4.79 Å². The molecular formula is C23H20F3N5O2. The van der Waals surface area contributed by atoms with E-state index in [1.54, 1.807) is 49.6 Å². The Balaban J connectivity index is 1.92. The molecule has 2 heterocycles. The van der Waals surface area contributed by atoms with Crippen LogP contribution in [0.25, 0.3) is 11.1 Å². The second kappa shape index (κ2) is 8.53. The maximum atomic E-state index is 13.7. The Kier molecular flexibility index (Phi) is 5.75. The van der Waals surface area contributed by atoms with Gasteiger partial charge < -0.3 is 10.5 Å². The molecule has 1 aromatic heterocycles. The van der Waals surface area contributed by atoms with Crippen LogP contribution in [0, 0.1) is 6.92 Å². The lowest BCUT2D eigenvalue weighted by atomic mass is 9.81. The highest BCUT2D eigenvalue weighted by Crippen LogP contribution is 2.42. The van der Waals surface area contributed by atoms with Crippen LogP contribution in [0.5, 0.6) is 5.75 Å². The first-order valence-corrected chi connectivity index (χ1v) is 9.99. The van der Waals surface area contributed by atoms with Crippen LogP contribution in [0.2, 0.25) is 0 Å². The molecule has 2 aromatic carbocycles. The number of hydrogen-bond acceptors (Lipinski definition) is 6. The van der Waals surface area contributed by atoms with Crippen molar-refractivity contribution >= 4 is 11.9 Å². The number of amides is 1. The van der Waals surface area contributed by atoms with Crippen molar-refractivity contribution in [3.05, 3.63) is 77.9 Å². The number of nitrogens with zero attached hydrogens (tertiary/aromatic N) is 4. The van der Waals surface area contributed by atoms with Crippen molar-refractivity contribution in [1.29, 1.82) is 0 Å². The van der Waals surface area contributed by atoms with E-state index < -0.39 is 30.3 Å². The normalized spacial score (nSPS) is 19.0. The fourth-order valence-electron chi connectivity index (χ4n) is 3.84. The molecule has 2 unspecified atom stereocenters. The fourth-order valence-corrected chi connectivity index (χ4v) is 3.84. The monoisotopic (exact) mass is 455 g/mol. The predicted octanol–water partition coefficient (Wildman–Crippen LogP) is 3.77. The summed E-state index contributed by atoms with van der Waals surface area (Å²) in [4.78, 5) is 25.8. The van der Waals surface area contributed by atoms with Crippen LogP contribution < -0.4 is 10.5 Å². The van der Waals surface area contributed by atoms with Crippen LogP contribution in [0.1, 0.15) is 23.6 Å². The van der Waals surface area contributed by atoms with Gasteiger partial charge in [-0.15, -0.1) is 0 Å². The van der Waals surface area contributed by atoms with Gasteiger partial charge in [0, 0.05) is 24.9 Å². The molecule has 33 heavy (non-hydrogen) atoms. The third-order valence-electron chi connectivity index (χ3n) is 5.31. The molecule has 1 aliphatic heterocycles. The van der Waals surface area contributed by atoms with E-state index in [9.17, 15) is 18.0 Å². The molecule has 4 rings (SSSR count). The summed E-state index contributed by atoms with van der Waals surface area (Å²) in [7, 11) is 0. The second-order valence-corrected chi connectivity index (χ2v) is 7.48. The average molecular weight is 455 g/mol. The number of hydrogen-bond donors (Lipinski definition) is 1. The van der Waals surface area contributed by atoms with Crippen molar-refractivity contribution in [2.24, 2.45) is 10.7 Å². The molecule has 1 amide bonds. The largest absolute Gasteiger partial charge is 0.460 e. The molecule has 0 saturated carbocycles. The van der Waals surface area contributed by atoms with E-state index >= 15 is 0 Å². The summed E-state index contributed by atoms with van der Waals surface area (Å²) < 4.78 is 45.9. The second-order valence-electron chi connectivity index (χ2n) is 7.48. The third kappa shape index (κ3) is 3.88. The quantitative estimate of drug-likeness (QED) is 0.571. The first-order chi connectivity index (χ1) is 15.7. The Labute approximate surface area is 187 Å². The number of aliphatic imine (C=N–C) groups is 1. The number of carbonyl (C=O) groups is 1. The van der Waals surface area contributed by atoms with Gasteiger partial charge in [0.25, 0.3) is 5.91 Å². The van der Waals surface area contributed by atoms with Gasteiger partial charge in [0.05, 0.1) is 0 Å². The number of rotatable bonds is 6. The topological polar surface area (TPSA) is 93.7 Å². The number of nitrogens with two attached hydrogens (primary N) is 1. The standard InChI is InChI=1S/C23H20F3N5O2/c1-13-8-18(6-7-19(13)33-14(2)24)23(20(32)31(21(25)26)22(27)30-23)17-5-3-4-15(9-17)16-10-28-12-29-11-16/h3-12,14,21H,1-2H3,(H2,27,30). The van der Waals surface area contributed by atoms with Gasteiger partial charge in [-0.2, -0.15) is 8.78 Å². The Morgan fingerprint density at radius 2 is 1.73 bits per heavy atom. The number of ether oxygens (including phenoxy) is 1. The highest BCUT2D eigenvalue weighted by molar-refractivity contribution is 6.09. The van der Waals surface area contributed by atoms with Crippen molar-refractivity contribution < 1.29 is 22.7 Å². The minimum absolute atomic E-state index is 0.168. The smallest absolute Gasteiger partial charge is 0.323 e. The molecule has 0 fully saturated rings. The molecular weight excluding hydrogens is 435 g/mol. The molecule has 10 heteroatoms. The maximum Gasteiger partial charge on any atom is 0.323 e. The summed E-state index contributed by atoms with van der Waals surface area (Å²) in [5, 5.41) is 0. The van der Waals surface area contributed by atoms with Crippen LogP contribution in [0.15, 0.2) is 66.2 Å². The minimum Gasteiger partial charge on any atom is -0.460 e. The molecule has 0 aliphatic carbocycles. The van der Waals surface area contributed by atoms with Gasteiger partial charge in [0.15, 0.2) is 5.54 Å². The Hall–Kier alpha value is -3.95. The molecule has 2 N–H and O–H groups in total. The predicted molar refractivity (Wildman–Crippen MR) is 115 cm³/mol. The highest BCUT2D eigenvalue weighted by atomic mass is 19.3. The van der Waals surface area contributed by atoms with Gasteiger partial charge in [-0.1, -0.05) is 24.3 Å². The zero-order valence-corrected chi connectivity index (χ0v) is 17.7. The van der Waals surface area contributed by atoms with E-state index in [-0.39, 0.29) is 16.2 Å². The Morgan fingerprint density at radius 3 is 2.33 bits per heavy atom. The lowest BCUT2D eigenvalue weighted by Crippen LogP contribution is -2.46. The zero-order chi connectivity index (χ0) is 23.8. The average Bonchev–Trinajstić information content (AvgIpc) is 3.06. The molecule has 0 saturated heterocycles. The van der Waals surface area contributed by atoms with E-state index in [0.717, 1.165) is 0 Å². The van der Waals surface area contributed by atoms with Gasteiger partial charge in [-0.05, 0) is 47.4 Å². The van der Waals surface area contributed by atoms with E-state index in [2.05, 4.69) is 15.0 Å². The summed E-state index contributed by atoms with van der Waals surface area (Å²) in [5.41, 5.74) is 6.36. The molecule has 3 aromatic rings. The molecule has 2 atom stereocenters. The fraction of sp³-hybridized carbons (Fsp3) is 0.217. The Morgan fingerprint density at radius 1 is 1.03 bits per heavy atom. The van der Waals surface area contributed by atoms with Gasteiger partial charge in [0.2, 0.25) is 12.3 Å². The number of alkyl halides is 3. The number of benzene rings is 2. The van der Waals surface area contributed by atoms with E-state index in [1.165, 1.54) is 25.4 Å². The lowest BCUT2D eigenvalue weighted by Gasteiger charge is -2.28. The van der Waals surface area contributed by atoms with E-state index in [1.807, 2.05) is 0 Å². The third-order valence-corrected chi connectivity index (χ3v) is 5.31. The molecule has 0 spiro atoms. The first-order valence-electron chi connectivity index (χ1n) is 9.99. The van der Waals surface area contributed by atoms with Gasteiger partial charge in [0.1, 0.15) is 12.1 Å². The number of aryl methyl sites for hydroxylation is 1. The van der Waals surface area contributed by atoms with Crippen molar-refractivity contribution in [3.8, 4) is 16.9 Å². The summed E-state index contributed by atoms with van der Waals surface area (Å²) in [6.07, 6.45) is 3.01. The van der Waals surface area contributed by atoms with Crippen molar-refractivity contribution in [1.82, 2.24) is 14.9 Å². The van der Waals surface area contributed by atoms with Crippen molar-refractivity contribution in [3.63, 3.8) is 0 Å². The molecule has 7 nitrogen and oxygen atoms in total. The summed E-state index contributed by atoms with van der Waals surface area (Å²) >= 11 is 0. The van der Waals surface area contributed by atoms with Crippen LogP contribution in [-0.2, 0) is 10.3 Å². The first kappa shape index (κ1) is 22.3. The van der Waals surface area contributed by atoms with Crippen LogP contribution in [0.3, 0.4) is 0 Å². The molecule has 170 valence electrons. The number of aromatic nitrogens is 2. The highest BCUT2D eigenvalue weighted by Gasteiger charge is 2.53.